The fourth-order valence-electron chi connectivity index (χ4n) is 2.61. The Morgan fingerprint density at radius 1 is 1.07 bits per heavy atom. The van der Waals surface area contributed by atoms with Crippen molar-refractivity contribution in [2.45, 2.75) is 6.54 Å². The molecule has 2 aromatic heterocycles. The summed E-state index contributed by atoms with van der Waals surface area (Å²) in [6.07, 6.45) is 1.43. The maximum Gasteiger partial charge on any atom is 0.335 e. The van der Waals surface area contributed by atoms with Crippen LogP contribution in [0.25, 0.3) is 20.7 Å². The number of halogens is 1. The summed E-state index contributed by atoms with van der Waals surface area (Å²) in [4.78, 5) is 20.3. The monoisotopic (exact) mass is 392 g/mol. The van der Waals surface area contributed by atoms with Crippen molar-refractivity contribution in [3.63, 3.8) is 0 Å². The van der Waals surface area contributed by atoms with Gasteiger partial charge in [0.1, 0.15) is 12.1 Å². The molecule has 0 saturated heterocycles. The fourth-order valence-corrected chi connectivity index (χ4v) is 3.65. The summed E-state index contributed by atoms with van der Waals surface area (Å²) in [5, 5.41) is 17.3. The summed E-state index contributed by atoms with van der Waals surface area (Å²) < 4.78 is 13.9. The van der Waals surface area contributed by atoms with Gasteiger partial charge in [0, 0.05) is 4.88 Å². The van der Waals surface area contributed by atoms with Crippen LogP contribution < -0.4 is 0 Å². The molecule has 0 saturated carbocycles. The molecule has 6 nitrogen and oxygen atoms in total. The van der Waals surface area contributed by atoms with E-state index in [9.17, 15) is 9.18 Å². The Bertz CT molecular complexity index is 1170. The number of hydrogen-bond donors (Lipinski definition) is 1. The van der Waals surface area contributed by atoms with Crippen molar-refractivity contribution in [2.75, 3.05) is 0 Å². The van der Waals surface area contributed by atoms with Gasteiger partial charge in [0.05, 0.1) is 22.3 Å². The summed E-state index contributed by atoms with van der Waals surface area (Å²) in [6, 6.07) is 14.7. The highest BCUT2D eigenvalue weighted by atomic mass is 32.1. The Morgan fingerprint density at radius 3 is 2.54 bits per heavy atom. The highest BCUT2D eigenvalue weighted by Crippen LogP contribution is 2.36. The minimum absolute atomic E-state index is 0.227. The molecule has 4 rings (SSSR count). The number of rotatable bonds is 5. The summed E-state index contributed by atoms with van der Waals surface area (Å²) in [5.41, 5.74) is 2.72. The molecule has 0 amide bonds. The van der Waals surface area contributed by atoms with Crippen LogP contribution in [0.3, 0.4) is 0 Å². The molecule has 8 heteroatoms. The largest absolute Gasteiger partial charge is 0.478 e. The van der Waals surface area contributed by atoms with E-state index in [-0.39, 0.29) is 11.4 Å². The van der Waals surface area contributed by atoms with E-state index in [1.807, 2.05) is 6.07 Å². The minimum Gasteiger partial charge on any atom is -0.478 e. The van der Waals surface area contributed by atoms with Gasteiger partial charge in [0.25, 0.3) is 0 Å². The summed E-state index contributed by atoms with van der Waals surface area (Å²) in [7, 11) is 0. The normalized spacial score (nSPS) is 11.3. The van der Waals surface area contributed by atoms with Gasteiger partial charge in [-0.1, -0.05) is 24.3 Å². The number of fused-ring (bicyclic) bond motifs is 1. The smallest absolute Gasteiger partial charge is 0.335 e. The lowest BCUT2D eigenvalue weighted by Crippen LogP contribution is -1.95. The molecule has 0 unspecified atom stereocenters. The number of carboxylic acid groups (broad SMARTS) is 1. The van der Waals surface area contributed by atoms with Crippen molar-refractivity contribution in [3.05, 3.63) is 77.9 Å². The predicted molar refractivity (Wildman–Crippen MR) is 104 cm³/mol. The molecule has 0 bridgehead atoms. The van der Waals surface area contributed by atoms with Crippen LogP contribution in [0.5, 0.6) is 0 Å². The van der Waals surface area contributed by atoms with Gasteiger partial charge < -0.3 is 5.11 Å². The second-order valence-corrected chi connectivity index (χ2v) is 6.98. The third kappa shape index (κ3) is 3.77. The molecule has 0 aliphatic heterocycles. The third-order valence-corrected chi connectivity index (χ3v) is 5.21. The minimum atomic E-state index is -0.966. The number of benzene rings is 2. The van der Waals surface area contributed by atoms with E-state index in [0.717, 1.165) is 26.2 Å². The van der Waals surface area contributed by atoms with Crippen LogP contribution in [0.15, 0.2) is 71.2 Å². The molecule has 0 aliphatic rings. The maximum absolute atomic E-state index is 13.1. The lowest BCUT2D eigenvalue weighted by atomic mass is 10.1. The van der Waals surface area contributed by atoms with Crippen molar-refractivity contribution in [2.24, 2.45) is 10.2 Å². The topological polar surface area (TPSA) is 87.8 Å². The van der Waals surface area contributed by atoms with Gasteiger partial charge in [-0.2, -0.15) is 5.11 Å². The fraction of sp³-hybridized carbons (Fsp3) is 0.0500. The molecule has 0 radical (unpaired) electrons. The molecule has 1 N–H and O–H groups in total. The number of hydrogen-bond acceptors (Lipinski definition) is 6. The van der Waals surface area contributed by atoms with Crippen LogP contribution in [-0.4, -0.2) is 21.0 Å². The van der Waals surface area contributed by atoms with E-state index in [1.165, 1.54) is 41.9 Å². The summed E-state index contributed by atoms with van der Waals surface area (Å²) in [6.45, 7) is 0.307. The number of nitrogens with zero attached hydrogens (tertiary/aromatic N) is 4. The lowest BCUT2D eigenvalue weighted by molar-refractivity contribution is 0.0697. The van der Waals surface area contributed by atoms with E-state index in [2.05, 4.69) is 20.2 Å². The SMILES string of the molecule is O=C(O)c1ccc(CN=Nc2ncnc3cc(-c4ccc(F)cc4)sc23)cc1. The number of carbonyl (C=O) groups is 1. The Morgan fingerprint density at radius 2 is 1.82 bits per heavy atom. The molecule has 2 aromatic carbocycles. The van der Waals surface area contributed by atoms with Gasteiger partial charge >= 0.3 is 5.97 Å². The van der Waals surface area contributed by atoms with Crippen LogP contribution in [0.2, 0.25) is 0 Å². The van der Waals surface area contributed by atoms with Crippen molar-refractivity contribution < 1.29 is 14.3 Å². The van der Waals surface area contributed by atoms with E-state index in [0.29, 0.717) is 12.4 Å². The van der Waals surface area contributed by atoms with Gasteiger partial charge in [-0.05, 0) is 41.5 Å². The van der Waals surface area contributed by atoms with Crippen molar-refractivity contribution >= 4 is 33.3 Å². The molecule has 0 atom stereocenters. The second kappa shape index (κ2) is 7.61. The lowest BCUT2D eigenvalue weighted by Gasteiger charge is -1.98. The number of aromatic nitrogens is 2. The Hall–Kier alpha value is -3.52. The Labute approximate surface area is 163 Å². The molecule has 4 aromatic rings. The maximum atomic E-state index is 13.1. The molecule has 0 aliphatic carbocycles. The summed E-state index contributed by atoms with van der Waals surface area (Å²) >= 11 is 1.47. The zero-order chi connectivity index (χ0) is 19.5. The van der Waals surface area contributed by atoms with Crippen molar-refractivity contribution in [1.82, 2.24) is 9.97 Å². The highest BCUT2D eigenvalue weighted by molar-refractivity contribution is 7.22. The zero-order valence-electron chi connectivity index (χ0n) is 14.4. The van der Waals surface area contributed by atoms with Crippen LogP contribution in [0.4, 0.5) is 10.2 Å². The number of thiophene rings is 1. The first-order valence-electron chi connectivity index (χ1n) is 8.30. The van der Waals surface area contributed by atoms with E-state index < -0.39 is 5.97 Å². The van der Waals surface area contributed by atoms with Crippen LogP contribution in [0, 0.1) is 5.82 Å². The molecular weight excluding hydrogens is 379 g/mol. The van der Waals surface area contributed by atoms with Gasteiger partial charge in [-0.15, -0.1) is 16.5 Å². The first kappa shape index (κ1) is 17.9. The van der Waals surface area contributed by atoms with Gasteiger partial charge in [-0.3, -0.25) is 0 Å². The molecule has 0 spiro atoms. The number of aromatic carboxylic acids is 1. The molecular formula is C20H13FN4O2S. The standard InChI is InChI=1S/C20H13FN4O2S/c21-15-7-5-13(6-8-15)17-9-16-18(28-17)19(23-11-22-16)25-24-10-12-1-3-14(4-2-12)20(26)27/h1-9,11H,10H2,(H,26,27). The molecule has 0 fully saturated rings. The first-order valence-corrected chi connectivity index (χ1v) is 9.12. The van der Waals surface area contributed by atoms with E-state index >= 15 is 0 Å². The highest BCUT2D eigenvalue weighted by Gasteiger charge is 2.10. The quantitative estimate of drug-likeness (QED) is 0.456. The number of carboxylic acids is 1. The van der Waals surface area contributed by atoms with Crippen LogP contribution >= 0.6 is 11.3 Å². The van der Waals surface area contributed by atoms with Crippen LogP contribution in [-0.2, 0) is 6.54 Å². The molecule has 138 valence electrons. The van der Waals surface area contributed by atoms with E-state index in [1.54, 1.807) is 24.3 Å². The van der Waals surface area contributed by atoms with Gasteiger partial charge in [0.15, 0.2) is 5.82 Å². The molecule has 28 heavy (non-hydrogen) atoms. The van der Waals surface area contributed by atoms with Gasteiger partial charge in [0.2, 0.25) is 0 Å². The average Bonchev–Trinajstić information content (AvgIpc) is 3.14. The first-order chi connectivity index (χ1) is 13.6. The van der Waals surface area contributed by atoms with Gasteiger partial charge in [-0.25, -0.2) is 19.2 Å². The van der Waals surface area contributed by atoms with E-state index in [4.69, 9.17) is 5.11 Å². The van der Waals surface area contributed by atoms with Crippen molar-refractivity contribution in [3.8, 4) is 10.4 Å². The third-order valence-electron chi connectivity index (χ3n) is 4.04. The Kier molecular flexibility index (Phi) is 4.86. The van der Waals surface area contributed by atoms with Crippen molar-refractivity contribution in [1.29, 1.82) is 0 Å². The average molecular weight is 392 g/mol. The summed E-state index contributed by atoms with van der Waals surface area (Å²) in [5.74, 6) is -0.785. The number of azo groups is 1. The second-order valence-electron chi connectivity index (χ2n) is 5.93. The van der Waals surface area contributed by atoms with Crippen LogP contribution in [0.1, 0.15) is 15.9 Å². The predicted octanol–water partition coefficient (Wildman–Crippen LogP) is 5.48. The molecule has 2 heterocycles. The Balaban J connectivity index is 1.57. The zero-order valence-corrected chi connectivity index (χ0v) is 15.2.